The zero-order chi connectivity index (χ0) is 14.5. The van der Waals surface area contributed by atoms with E-state index in [9.17, 15) is 13.6 Å². The molecule has 0 aromatic heterocycles. The van der Waals surface area contributed by atoms with Gasteiger partial charge in [-0.25, -0.2) is 0 Å². The van der Waals surface area contributed by atoms with Gasteiger partial charge in [0.1, 0.15) is 5.75 Å². The second-order valence-corrected chi connectivity index (χ2v) is 4.87. The van der Waals surface area contributed by atoms with Crippen molar-refractivity contribution in [1.29, 1.82) is 0 Å². The number of para-hydroxylation sites is 1. The highest BCUT2D eigenvalue weighted by Crippen LogP contribution is 2.20. The van der Waals surface area contributed by atoms with Crippen molar-refractivity contribution in [2.24, 2.45) is 0 Å². The quantitative estimate of drug-likeness (QED) is 0.805. The summed E-state index contributed by atoms with van der Waals surface area (Å²) in [5, 5.41) is 5.89. The number of amides is 1. The van der Waals surface area contributed by atoms with Gasteiger partial charge in [0.15, 0.2) is 0 Å². The van der Waals surface area contributed by atoms with Gasteiger partial charge in [0.2, 0.25) is 5.91 Å². The Labute approximate surface area is 116 Å². The van der Waals surface area contributed by atoms with Gasteiger partial charge in [0.25, 0.3) is 0 Å². The molecule has 0 bridgehead atoms. The molecular weight excluding hydrogens is 266 g/mol. The number of nitrogens with one attached hydrogen (secondary N) is 2. The Bertz CT molecular complexity index is 464. The van der Waals surface area contributed by atoms with Gasteiger partial charge in [0.05, 0.1) is 6.04 Å². The van der Waals surface area contributed by atoms with Crippen LogP contribution in [0.1, 0.15) is 25.3 Å². The zero-order valence-electron chi connectivity index (χ0n) is 11.2. The molecule has 1 amide bonds. The number of ether oxygens (including phenoxy) is 1. The van der Waals surface area contributed by atoms with Crippen LogP contribution in [0.3, 0.4) is 0 Å². The SMILES string of the molecule is CC(NCc1ccccc1OC(F)F)C(=O)NC1CC1. The highest BCUT2D eigenvalue weighted by molar-refractivity contribution is 5.81. The van der Waals surface area contributed by atoms with Crippen molar-refractivity contribution in [1.82, 2.24) is 10.6 Å². The van der Waals surface area contributed by atoms with Crippen LogP contribution in [0.15, 0.2) is 24.3 Å². The monoisotopic (exact) mass is 284 g/mol. The van der Waals surface area contributed by atoms with Crippen molar-refractivity contribution in [2.45, 2.75) is 45.0 Å². The highest BCUT2D eigenvalue weighted by atomic mass is 19.3. The predicted octanol–water partition coefficient (Wildman–Crippen LogP) is 2.04. The number of hydrogen-bond donors (Lipinski definition) is 2. The van der Waals surface area contributed by atoms with E-state index < -0.39 is 6.61 Å². The number of rotatable bonds is 7. The molecule has 20 heavy (non-hydrogen) atoms. The van der Waals surface area contributed by atoms with Crippen LogP contribution in [0, 0.1) is 0 Å². The largest absolute Gasteiger partial charge is 0.434 e. The molecule has 0 radical (unpaired) electrons. The highest BCUT2D eigenvalue weighted by Gasteiger charge is 2.25. The first-order valence-corrected chi connectivity index (χ1v) is 6.62. The maximum absolute atomic E-state index is 12.3. The fourth-order valence-electron chi connectivity index (χ4n) is 1.77. The van der Waals surface area contributed by atoms with E-state index in [0.717, 1.165) is 12.8 Å². The van der Waals surface area contributed by atoms with Crippen molar-refractivity contribution in [2.75, 3.05) is 0 Å². The minimum absolute atomic E-state index is 0.0697. The minimum atomic E-state index is -2.85. The van der Waals surface area contributed by atoms with E-state index in [1.807, 2.05) is 0 Å². The molecule has 2 N–H and O–H groups in total. The average Bonchev–Trinajstić information content (AvgIpc) is 3.20. The first kappa shape index (κ1) is 14.7. The average molecular weight is 284 g/mol. The smallest absolute Gasteiger partial charge is 0.387 e. The van der Waals surface area contributed by atoms with E-state index in [2.05, 4.69) is 15.4 Å². The summed E-state index contributed by atoms with van der Waals surface area (Å²) in [6.45, 7) is -0.817. The fourth-order valence-corrected chi connectivity index (χ4v) is 1.77. The summed E-state index contributed by atoms with van der Waals surface area (Å²) >= 11 is 0. The van der Waals surface area contributed by atoms with E-state index in [1.165, 1.54) is 6.07 Å². The van der Waals surface area contributed by atoms with Gasteiger partial charge in [-0.1, -0.05) is 18.2 Å². The van der Waals surface area contributed by atoms with E-state index in [-0.39, 0.29) is 17.7 Å². The van der Waals surface area contributed by atoms with Crippen molar-refractivity contribution >= 4 is 5.91 Å². The van der Waals surface area contributed by atoms with Gasteiger partial charge in [0, 0.05) is 18.2 Å². The Morgan fingerprint density at radius 3 is 2.75 bits per heavy atom. The Hall–Kier alpha value is -1.69. The molecule has 1 aliphatic carbocycles. The lowest BCUT2D eigenvalue weighted by atomic mass is 10.2. The maximum Gasteiger partial charge on any atom is 0.387 e. The number of halogens is 2. The normalized spacial score (nSPS) is 16.0. The lowest BCUT2D eigenvalue weighted by molar-refractivity contribution is -0.122. The van der Waals surface area contributed by atoms with Gasteiger partial charge in [-0.2, -0.15) is 8.78 Å². The Balaban J connectivity index is 1.87. The van der Waals surface area contributed by atoms with Crippen LogP contribution in [-0.4, -0.2) is 24.6 Å². The molecule has 1 saturated carbocycles. The second kappa shape index (κ2) is 6.65. The lowest BCUT2D eigenvalue weighted by Gasteiger charge is -2.15. The molecule has 1 aliphatic rings. The number of benzene rings is 1. The summed E-state index contributed by atoms with van der Waals surface area (Å²) < 4.78 is 29.0. The molecule has 2 rings (SSSR count). The first-order valence-electron chi connectivity index (χ1n) is 6.62. The fraction of sp³-hybridized carbons (Fsp3) is 0.500. The van der Waals surface area contributed by atoms with E-state index in [0.29, 0.717) is 18.2 Å². The van der Waals surface area contributed by atoms with E-state index >= 15 is 0 Å². The molecule has 0 saturated heterocycles. The molecular formula is C14H18F2N2O2. The summed E-state index contributed by atoms with van der Waals surface area (Å²) in [5.41, 5.74) is 0.596. The first-order chi connectivity index (χ1) is 9.56. The lowest BCUT2D eigenvalue weighted by Crippen LogP contribution is -2.42. The third-order valence-electron chi connectivity index (χ3n) is 3.10. The predicted molar refractivity (Wildman–Crippen MR) is 70.5 cm³/mol. The molecule has 4 nitrogen and oxygen atoms in total. The molecule has 110 valence electrons. The van der Waals surface area contributed by atoms with Gasteiger partial charge < -0.3 is 15.4 Å². The number of alkyl halides is 2. The molecule has 1 atom stereocenters. The maximum atomic E-state index is 12.3. The van der Waals surface area contributed by atoms with Gasteiger partial charge in [-0.05, 0) is 25.8 Å². The summed E-state index contributed by atoms with van der Waals surface area (Å²) in [4.78, 5) is 11.8. The molecule has 1 aromatic rings. The molecule has 0 heterocycles. The van der Waals surface area contributed by atoms with Crippen molar-refractivity contribution < 1.29 is 18.3 Å². The molecule has 1 aromatic carbocycles. The van der Waals surface area contributed by atoms with Gasteiger partial charge >= 0.3 is 6.61 Å². The van der Waals surface area contributed by atoms with Crippen LogP contribution in [0.5, 0.6) is 5.75 Å². The second-order valence-electron chi connectivity index (χ2n) is 4.87. The standard InChI is InChI=1S/C14H18F2N2O2/c1-9(13(19)18-11-6-7-11)17-8-10-4-2-3-5-12(10)20-14(15)16/h2-5,9,11,14,17H,6-8H2,1H3,(H,18,19). The zero-order valence-corrected chi connectivity index (χ0v) is 11.2. The molecule has 0 spiro atoms. The van der Waals surface area contributed by atoms with E-state index in [1.54, 1.807) is 25.1 Å². The summed E-state index contributed by atoms with van der Waals surface area (Å²) in [6.07, 6.45) is 2.06. The summed E-state index contributed by atoms with van der Waals surface area (Å²) in [7, 11) is 0. The topological polar surface area (TPSA) is 50.4 Å². The van der Waals surface area contributed by atoms with Crippen LogP contribution in [0.25, 0.3) is 0 Å². The minimum Gasteiger partial charge on any atom is -0.434 e. The van der Waals surface area contributed by atoms with Crippen LogP contribution in [0.4, 0.5) is 8.78 Å². The van der Waals surface area contributed by atoms with Crippen LogP contribution >= 0.6 is 0 Å². The van der Waals surface area contributed by atoms with Crippen molar-refractivity contribution in [3.05, 3.63) is 29.8 Å². The van der Waals surface area contributed by atoms with Gasteiger partial charge in [-0.3, -0.25) is 4.79 Å². The Morgan fingerprint density at radius 1 is 1.40 bits per heavy atom. The number of hydrogen-bond acceptors (Lipinski definition) is 3. The third-order valence-corrected chi connectivity index (χ3v) is 3.10. The van der Waals surface area contributed by atoms with E-state index in [4.69, 9.17) is 0 Å². The van der Waals surface area contributed by atoms with Crippen molar-refractivity contribution in [3.8, 4) is 5.75 Å². The van der Waals surface area contributed by atoms with Crippen LogP contribution in [0.2, 0.25) is 0 Å². The molecule has 1 unspecified atom stereocenters. The van der Waals surface area contributed by atoms with Crippen molar-refractivity contribution in [3.63, 3.8) is 0 Å². The molecule has 0 aliphatic heterocycles. The van der Waals surface area contributed by atoms with Gasteiger partial charge in [-0.15, -0.1) is 0 Å². The summed E-state index contributed by atoms with van der Waals surface area (Å²) in [6, 6.07) is 6.47. The third kappa shape index (κ3) is 4.45. The van der Waals surface area contributed by atoms with Crippen LogP contribution < -0.4 is 15.4 Å². The summed E-state index contributed by atoms with van der Waals surface area (Å²) in [5.74, 6) is 0.0598. The number of carbonyl (C=O) groups is 1. The molecule has 1 fully saturated rings. The molecule has 6 heteroatoms. The Kier molecular flexibility index (Phi) is 4.89. The number of carbonyl (C=O) groups excluding carboxylic acids is 1. The van der Waals surface area contributed by atoms with Crippen LogP contribution in [-0.2, 0) is 11.3 Å². The Morgan fingerprint density at radius 2 is 2.10 bits per heavy atom.